The fourth-order valence-corrected chi connectivity index (χ4v) is 4.57. The van der Waals surface area contributed by atoms with E-state index in [9.17, 15) is 9.59 Å². The highest BCUT2D eigenvalue weighted by Gasteiger charge is 2.21. The van der Waals surface area contributed by atoms with Crippen molar-refractivity contribution in [2.75, 3.05) is 11.4 Å². The third-order valence-electron chi connectivity index (χ3n) is 4.52. The molecule has 0 unspecified atom stereocenters. The van der Waals surface area contributed by atoms with Crippen molar-refractivity contribution in [2.45, 2.75) is 19.4 Å². The number of hydrogen-bond acceptors (Lipinski definition) is 3. The molecular formula is C20H17ClN2O2S. The zero-order chi connectivity index (χ0) is 18.1. The first-order valence-electron chi connectivity index (χ1n) is 8.48. The minimum atomic E-state index is -0.171. The van der Waals surface area contributed by atoms with Crippen LogP contribution in [0.2, 0.25) is 5.02 Å². The van der Waals surface area contributed by atoms with Crippen molar-refractivity contribution < 1.29 is 9.59 Å². The van der Waals surface area contributed by atoms with Crippen molar-refractivity contribution in [3.63, 3.8) is 0 Å². The van der Waals surface area contributed by atoms with Gasteiger partial charge in [0.15, 0.2) is 0 Å². The first-order chi connectivity index (χ1) is 12.6. The Morgan fingerprint density at radius 3 is 2.62 bits per heavy atom. The molecule has 0 saturated carbocycles. The summed E-state index contributed by atoms with van der Waals surface area (Å²) in [4.78, 5) is 26.6. The molecular weight excluding hydrogens is 368 g/mol. The van der Waals surface area contributed by atoms with Crippen molar-refractivity contribution in [2.24, 2.45) is 0 Å². The van der Waals surface area contributed by atoms with Gasteiger partial charge in [0.2, 0.25) is 5.91 Å². The Labute approximate surface area is 160 Å². The number of halogens is 1. The molecule has 6 heteroatoms. The van der Waals surface area contributed by atoms with Crippen molar-refractivity contribution >= 4 is 50.5 Å². The van der Waals surface area contributed by atoms with E-state index in [-0.39, 0.29) is 11.8 Å². The van der Waals surface area contributed by atoms with Gasteiger partial charge in [0.25, 0.3) is 5.91 Å². The van der Waals surface area contributed by atoms with E-state index in [1.165, 1.54) is 11.3 Å². The van der Waals surface area contributed by atoms with Crippen molar-refractivity contribution in [1.29, 1.82) is 0 Å². The second-order valence-electron chi connectivity index (χ2n) is 6.24. The van der Waals surface area contributed by atoms with E-state index in [0.717, 1.165) is 34.3 Å². The van der Waals surface area contributed by atoms with Gasteiger partial charge in [-0.2, -0.15) is 0 Å². The predicted molar refractivity (Wildman–Crippen MR) is 106 cm³/mol. The summed E-state index contributed by atoms with van der Waals surface area (Å²) in [6.07, 6.45) is 1.53. The highest BCUT2D eigenvalue weighted by atomic mass is 35.5. The van der Waals surface area contributed by atoms with E-state index < -0.39 is 0 Å². The van der Waals surface area contributed by atoms with Crippen LogP contribution in [0.5, 0.6) is 0 Å². The van der Waals surface area contributed by atoms with E-state index >= 15 is 0 Å². The number of carbonyl (C=O) groups excluding carboxylic acids is 2. The van der Waals surface area contributed by atoms with E-state index in [1.807, 2.05) is 48.5 Å². The minimum Gasteiger partial charge on any atom is -0.347 e. The molecule has 26 heavy (non-hydrogen) atoms. The molecule has 0 radical (unpaired) electrons. The molecule has 2 aromatic carbocycles. The highest BCUT2D eigenvalue weighted by molar-refractivity contribution is 7.21. The van der Waals surface area contributed by atoms with Gasteiger partial charge in [0.1, 0.15) is 4.88 Å². The molecule has 1 saturated heterocycles. The molecule has 4 nitrogen and oxygen atoms in total. The van der Waals surface area contributed by atoms with Crippen LogP contribution >= 0.6 is 22.9 Å². The first-order valence-corrected chi connectivity index (χ1v) is 9.67. The summed E-state index contributed by atoms with van der Waals surface area (Å²) in [6.45, 7) is 1.19. The van der Waals surface area contributed by atoms with Crippen LogP contribution in [0.15, 0.2) is 48.5 Å². The van der Waals surface area contributed by atoms with Gasteiger partial charge in [-0.15, -0.1) is 11.3 Å². The smallest absolute Gasteiger partial charge is 0.263 e. The number of benzene rings is 2. The molecule has 2 amide bonds. The number of nitrogens with zero attached hydrogens (tertiary/aromatic N) is 1. The number of thiophene rings is 1. The normalized spacial score (nSPS) is 14.2. The molecule has 0 atom stereocenters. The second kappa shape index (κ2) is 7.09. The van der Waals surface area contributed by atoms with Gasteiger partial charge in [0, 0.05) is 35.3 Å². The number of nitrogens with one attached hydrogen (secondary N) is 1. The Hall–Kier alpha value is -2.37. The van der Waals surface area contributed by atoms with E-state index in [1.54, 1.807) is 4.90 Å². The molecule has 1 aromatic heterocycles. The van der Waals surface area contributed by atoms with Crippen LogP contribution in [0.25, 0.3) is 10.1 Å². The fourth-order valence-electron chi connectivity index (χ4n) is 3.14. The zero-order valence-corrected chi connectivity index (χ0v) is 15.6. The average Bonchev–Trinajstić information content (AvgIpc) is 3.24. The lowest BCUT2D eigenvalue weighted by molar-refractivity contribution is -0.117. The summed E-state index contributed by atoms with van der Waals surface area (Å²) in [5.74, 6) is 0.000420. The fraction of sp³-hybridized carbons (Fsp3) is 0.200. The maximum atomic E-state index is 12.5. The average molecular weight is 385 g/mol. The van der Waals surface area contributed by atoms with Gasteiger partial charge in [-0.05, 0) is 30.2 Å². The molecule has 0 bridgehead atoms. The summed E-state index contributed by atoms with van der Waals surface area (Å²) in [6, 6.07) is 15.5. The van der Waals surface area contributed by atoms with Gasteiger partial charge in [-0.1, -0.05) is 41.9 Å². The lowest BCUT2D eigenvalue weighted by Gasteiger charge is -2.16. The van der Waals surface area contributed by atoms with Crippen LogP contribution in [0.4, 0.5) is 5.69 Å². The molecule has 4 rings (SSSR count). The number of hydrogen-bond donors (Lipinski definition) is 1. The summed E-state index contributed by atoms with van der Waals surface area (Å²) in [7, 11) is 0. The molecule has 2 heterocycles. The van der Waals surface area contributed by atoms with Gasteiger partial charge in [0.05, 0.1) is 5.02 Å². The Morgan fingerprint density at radius 2 is 1.92 bits per heavy atom. The van der Waals surface area contributed by atoms with Crippen molar-refractivity contribution in [1.82, 2.24) is 5.32 Å². The van der Waals surface area contributed by atoms with Crippen molar-refractivity contribution in [3.8, 4) is 0 Å². The topological polar surface area (TPSA) is 49.4 Å². The van der Waals surface area contributed by atoms with Gasteiger partial charge in [-0.25, -0.2) is 0 Å². The molecule has 1 N–H and O–H groups in total. The molecule has 1 aliphatic heterocycles. The number of anilines is 1. The summed E-state index contributed by atoms with van der Waals surface area (Å²) in [5.41, 5.74) is 1.89. The Balaban J connectivity index is 1.44. The van der Waals surface area contributed by atoms with E-state index in [0.29, 0.717) is 22.9 Å². The Morgan fingerprint density at radius 1 is 1.15 bits per heavy atom. The van der Waals surface area contributed by atoms with Crippen molar-refractivity contribution in [3.05, 3.63) is 64.0 Å². The number of fused-ring (bicyclic) bond motifs is 1. The molecule has 0 spiro atoms. The number of amides is 2. The largest absolute Gasteiger partial charge is 0.347 e. The summed E-state index contributed by atoms with van der Waals surface area (Å²) < 4.78 is 1.00. The van der Waals surface area contributed by atoms with Gasteiger partial charge >= 0.3 is 0 Å². The Kier molecular flexibility index (Phi) is 4.66. The standard InChI is InChI=1S/C20H17ClN2O2S/c21-18-15-4-1-2-5-16(15)26-19(18)20(25)22-12-13-7-9-14(10-8-13)23-11-3-6-17(23)24/h1-2,4-5,7-10H,3,6,11-12H2,(H,22,25). The maximum absolute atomic E-state index is 12.5. The first kappa shape index (κ1) is 17.1. The lowest BCUT2D eigenvalue weighted by Crippen LogP contribution is -2.24. The highest BCUT2D eigenvalue weighted by Crippen LogP contribution is 2.35. The molecule has 132 valence electrons. The second-order valence-corrected chi connectivity index (χ2v) is 7.67. The minimum absolute atomic E-state index is 0.171. The number of carbonyl (C=O) groups is 2. The predicted octanol–water partition coefficient (Wildman–Crippen LogP) is 4.61. The van der Waals surface area contributed by atoms with Crippen LogP contribution in [-0.4, -0.2) is 18.4 Å². The van der Waals surface area contributed by atoms with Crippen LogP contribution in [0, 0.1) is 0 Å². The molecule has 0 aliphatic carbocycles. The third-order valence-corrected chi connectivity index (χ3v) is 6.19. The zero-order valence-electron chi connectivity index (χ0n) is 14.0. The number of rotatable bonds is 4. The molecule has 1 aliphatic rings. The third kappa shape index (κ3) is 3.20. The van der Waals surface area contributed by atoms with Crippen LogP contribution in [0.1, 0.15) is 28.1 Å². The maximum Gasteiger partial charge on any atom is 0.263 e. The SMILES string of the molecule is O=C(NCc1ccc(N2CCCC2=O)cc1)c1sc2ccccc2c1Cl. The Bertz CT molecular complexity index is 981. The van der Waals surface area contributed by atoms with Gasteiger partial charge < -0.3 is 10.2 Å². The lowest BCUT2D eigenvalue weighted by atomic mass is 10.2. The van der Waals surface area contributed by atoms with Crippen LogP contribution in [-0.2, 0) is 11.3 Å². The monoisotopic (exact) mass is 384 g/mol. The summed E-state index contributed by atoms with van der Waals surface area (Å²) >= 11 is 7.75. The van der Waals surface area contributed by atoms with Crippen LogP contribution in [0.3, 0.4) is 0 Å². The summed E-state index contributed by atoms with van der Waals surface area (Å²) in [5, 5.41) is 4.33. The van der Waals surface area contributed by atoms with E-state index in [4.69, 9.17) is 11.6 Å². The molecule has 1 fully saturated rings. The van der Waals surface area contributed by atoms with Gasteiger partial charge in [-0.3, -0.25) is 9.59 Å². The quantitative estimate of drug-likeness (QED) is 0.714. The van der Waals surface area contributed by atoms with Crippen LogP contribution < -0.4 is 10.2 Å². The van der Waals surface area contributed by atoms with E-state index in [2.05, 4.69) is 5.32 Å². The molecule has 3 aromatic rings.